The van der Waals surface area contributed by atoms with Crippen LogP contribution in [0.5, 0.6) is 0 Å². The van der Waals surface area contributed by atoms with Crippen molar-refractivity contribution in [2.75, 3.05) is 0 Å². The van der Waals surface area contributed by atoms with Crippen molar-refractivity contribution in [2.45, 2.75) is 40.8 Å². The van der Waals surface area contributed by atoms with Crippen molar-refractivity contribution in [1.82, 2.24) is 0 Å². The molecule has 2 aromatic heterocycles. The first-order valence-electron chi connectivity index (χ1n) is 11.0. The van der Waals surface area contributed by atoms with E-state index in [2.05, 4.69) is 89.3 Å². The van der Waals surface area contributed by atoms with Crippen LogP contribution >= 0.6 is 22.7 Å². The quantitative estimate of drug-likeness (QED) is 0.143. The Bertz CT molecular complexity index is 1530. The molecule has 0 fully saturated rings. The predicted octanol–water partition coefficient (Wildman–Crippen LogP) is 8.81. The van der Waals surface area contributed by atoms with Crippen molar-refractivity contribution in [2.24, 2.45) is 0 Å². The van der Waals surface area contributed by atoms with E-state index in [1.807, 2.05) is 22.7 Å². The molecule has 0 nitrogen and oxygen atoms in total. The summed E-state index contributed by atoms with van der Waals surface area (Å²) in [5.74, 6) is 0. The minimum Gasteiger partial charge on any atom is -0.358 e. The Labute approximate surface area is 232 Å². The summed E-state index contributed by atoms with van der Waals surface area (Å²) in [4.78, 5) is 0. The number of hydrogen-bond donors (Lipinski definition) is 0. The van der Waals surface area contributed by atoms with Crippen molar-refractivity contribution < 1.29 is 26.2 Å². The Hall–Kier alpha value is -1.32. The fourth-order valence-corrected chi connectivity index (χ4v) is 12.9. The third-order valence-electron chi connectivity index (χ3n) is 7.50. The fourth-order valence-electron chi connectivity index (χ4n) is 5.89. The molecule has 4 heteroatoms. The van der Waals surface area contributed by atoms with Crippen molar-refractivity contribution in [3.63, 3.8) is 0 Å². The van der Waals surface area contributed by atoms with Gasteiger partial charge in [0.2, 0.25) is 0 Å². The molecule has 0 aliphatic heterocycles. The summed E-state index contributed by atoms with van der Waals surface area (Å²) >= 11 is 3.95. The van der Waals surface area contributed by atoms with Gasteiger partial charge in [-0.1, -0.05) is 109 Å². The van der Waals surface area contributed by atoms with E-state index < -0.39 is 8.07 Å². The maximum Gasteiger partial charge on any atom is 4.00 e. The molecule has 0 saturated heterocycles. The van der Waals surface area contributed by atoms with Gasteiger partial charge in [-0.2, -0.15) is 0 Å². The molecule has 6 rings (SSSR count). The van der Waals surface area contributed by atoms with E-state index in [-0.39, 0.29) is 41.1 Å². The van der Waals surface area contributed by atoms with Crippen LogP contribution in [0, 0.1) is 42.5 Å². The van der Waals surface area contributed by atoms with E-state index >= 15 is 0 Å². The van der Waals surface area contributed by atoms with Crippen molar-refractivity contribution in [1.29, 1.82) is 0 Å². The minimum atomic E-state index is -1.98. The number of benzene rings is 2. The van der Waals surface area contributed by atoms with Crippen molar-refractivity contribution in [3.05, 3.63) is 85.6 Å². The van der Waals surface area contributed by atoms with Gasteiger partial charge in [0.15, 0.2) is 0 Å². The summed E-state index contributed by atoms with van der Waals surface area (Å²) in [6.45, 7) is 14.6. The van der Waals surface area contributed by atoms with E-state index in [1.54, 1.807) is 21.1 Å². The first-order valence-corrected chi connectivity index (χ1v) is 15.6. The topological polar surface area (TPSA) is 0 Å². The molecule has 0 amide bonds. The second-order valence-electron chi connectivity index (χ2n) is 9.48. The Balaban J connectivity index is 0.00000108. The Morgan fingerprint density at radius 2 is 0.971 bits per heavy atom. The molecular formula is C30H32S2SiZr. The van der Waals surface area contributed by atoms with Crippen LogP contribution in [0.25, 0.3) is 40.3 Å². The van der Waals surface area contributed by atoms with Crippen molar-refractivity contribution in [3.8, 4) is 0 Å². The van der Waals surface area contributed by atoms with E-state index in [0.29, 0.717) is 0 Å². The number of rotatable bonds is 2. The summed E-state index contributed by atoms with van der Waals surface area (Å²) < 4.78 is 5.84. The van der Waals surface area contributed by atoms with Crippen LogP contribution in [0.1, 0.15) is 22.3 Å². The molecule has 0 aliphatic carbocycles. The van der Waals surface area contributed by atoms with Crippen LogP contribution in [0.2, 0.25) is 13.1 Å². The molecule has 0 unspecified atom stereocenters. The average molecular weight is 576 g/mol. The standard InChI is InChI=1S/C28H26S2Si.2CH3.Zr/c1-15-17(3)27(23-19-11-7-9-13-21(19)29-25(15)23)31(5,6)28-18(4)16(2)26-24(28)20-12-8-10-14-22(20)30-26;;;/h7-14H,1-6H3;2*1H3;/q-2;2*-1;+4. The smallest absolute Gasteiger partial charge is 0.358 e. The van der Waals surface area contributed by atoms with E-state index in [9.17, 15) is 0 Å². The van der Waals surface area contributed by atoms with Gasteiger partial charge in [-0.05, 0) is 9.40 Å². The van der Waals surface area contributed by atoms with Crippen LogP contribution in [-0.2, 0) is 26.2 Å². The molecule has 0 spiro atoms. The SMILES string of the molecule is Cc1c(C)[c-]([Si](C)(C)[c-]2c(C)c(C)c3sc4ccccc4c32)c2c1sc1ccccc12.[CH3-].[CH3-].[Zr+4]. The molecular weight excluding hydrogens is 544 g/mol. The predicted molar refractivity (Wildman–Crippen MR) is 158 cm³/mol. The van der Waals surface area contributed by atoms with Gasteiger partial charge in [0, 0.05) is 8.07 Å². The van der Waals surface area contributed by atoms with Gasteiger partial charge in [0.05, 0.1) is 0 Å². The average Bonchev–Trinajstić information content (AvgIpc) is 3.44. The summed E-state index contributed by atoms with van der Waals surface area (Å²) in [5.41, 5.74) is 6.02. The van der Waals surface area contributed by atoms with Gasteiger partial charge in [0.1, 0.15) is 0 Å². The van der Waals surface area contributed by atoms with Gasteiger partial charge in [-0.3, -0.25) is 0 Å². The third-order valence-corrected chi connectivity index (χ3v) is 13.8. The second kappa shape index (κ2) is 9.28. The number of thiophene rings is 2. The first kappa shape index (κ1) is 27.3. The molecule has 0 saturated carbocycles. The zero-order chi connectivity index (χ0) is 21.7. The summed E-state index contributed by atoms with van der Waals surface area (Å²) in [7, 11) is -1.98. The van der Waals surface area contributed by atoms with E-state index in [4.69, 9.17) is 0 Å². The molecule has 2 heterocycles. The van der Waals surface area contributed by atoms with Crippen molar-refractivity contribution >= 4 is 81.5 Å². The summed E-state index contributed by atoms with van der Waals surface area (Å²) in [6.07, 6.45) is 0. The Morgan fingerprint density at radius 3 is 1.35 bits per heavy atom. The summed E-state index contributed by atoms with van der Waals surface area (Å²) in [6, 6.07) is 18.0. The fraction of sp³-hybridized carbons (Fsp3) is 0.200. The number of hydrogen-bond acceptors (Lipinski definition) is 2. The normalized spacial score (nSPS) is 11.7. The van der Waals surface area contributed by atoms with Crippen LogP contribution in [0.15, 0.2) is 48.5 Å². The Morgan fingerprint density at radius 1 is 0.618 bits per heavy atom. The molecule has 0 bridgehead atoms. The van der Waals surface area contributed by atoms with E-state index in [0.717, 1.165) is 0 Å². The largest absolute Gasteiger partial charge is 4.00 e. The van der Waals surface area contributed by atoms with Gasteiger partial charge >= 0.3 is 26.2 Å². The van der Waals surface area contributed by atoms with E-state index in [1.165, 1.54) is 51.8 Å². The zero-order valence-electron chi connectivity index (χ0n) is 21.4. The molecule has 172 valence electrons. The second-order valence-corrected chi connectivity index (χ2v) is 15.8. The molecule has 4 aromatic carbocycles. The van der Waals surface area contributed by atoms with Gasteiger partial charge in [-0.15, -0.1) is 43.4 Å². The molecule has 34 heavy (non-hydrogen) atoms. The maximum atomic E-state index is 2.59. The van der Waals surface area contributed by atoms with Crippen LogP contribution in [0.4, 0.5) is 0 Å². The van der Waals surface area contributed by atoms with Gasteiger partial charge < -0.3 is 14.9 Å². The Kier molecular flexibility index (Phi) is 7.44. The maximum absolute atomic E-state index is 2.59. The van der Waals surface area contributed by atoms with Gasteiger partial charge in [0.25, 0.3) is 0 Å². The van der Waals surface area contributed by atoms with Crippen LogP contribution < -0.4 is 10.4 Å². The minimum absolute atomic E-state index is 0. The molecule has 0 atom stereocenters. The van der Waals surface area contributed by atoms with Crippen LogP contribution in [0.3, 0.4) is 0 Å². The van der Waals surface area contributed by atoms with Crippen LogP contribution in [-0.4, -0.2) is 8.07 Å². The molecule has 6 aromatic rings. The monoisotopic (exact) mass is 574 g/mol. The number of fused-ring (bicyclic) bond motifs is 6. The summed E-state index contributed by atoms with van der Waals surface area (Å²) in [5, 5.41) is 9.28. The zero-order valence-corrected chi connectivity index (χ0v) is 26.5. The molecule has 0 radical (unpaired) electrons. The molecule has 0 aliphatic rings. The number of aryl methyl sites for hydroxylation is 2. The molecule has 0 N–H and O–H groups in total. The van der Waals surface area contributed by atoms with Gasteiger partial charge in [-0.25, -0.2) is 22.7 Å². The first-order chi connectivity index (χ1) is 14.8. The third kappa shape index (κ3) is 3.44.